The lowest BCUT2D eigenvalue weighted by Gasteiger charge is -2.26. The van der Waals surface area contributed by atoms with E-state index >= 15 is 0 Å². The maximum Gasteiger partial charge on any atom is 0.306 e. The first-order chi connectivity index (χ1) is 8.20. The third-order valence-corrected chi connectivity index (χ3v) is 3.59. The zero-order chi connectivity index (χ0) is 12.3. The number of hydrogen-bond donors (Lipinski definition) is 1. The number of benzene rings is 1. The van der Waals surface area contributed by atoms with E-state index < -0.39 is 5.97 Å². The van der Waals surface area contributed by atoms with Gasteiger partial charge in [-0.05, 0) is 43.2 Å². The van der Waals surface area contributed by atoms with Crippen molar-refractivity contribution in [1.29, 1.82) is 0 Å². The minimum atomic E-state index is -0.676. The van der Waals surface area contributed by atoms with Crippen LogP contribution in [0.2, 0.25) is 0 Å². The van der Waals surface area contributed by atoms with Crippen LogP contribution < -0.4 is 0 Å². The number of hydrogen-bond acceptors (Lipinski definition) is 2. The molecule has 0 aromatic heterocycles. The molecule has 0 spiro atoms. The number of rotatable bonds is 3. The van der Waals surface area contributed by atoms with Gasteiger partial charge in [0.1, 0.15) is 6.29 Å². The predicted octanol–water partition coefficient (Wildman–Crippen LogP) is 2.86. The molecular weight excluding hydrogens is 216 g/mol. The van der Waals surface area contributed by atoms with E-state index in [1.165, 1.54) is 5.56 Å². The summed E-state index contributed by atoms with van der Waals surface area (Å²) < 4.78 is 0. The van der Waals surface area contributed by atoms with Crippen molar-refractivity contribution in [2.75, 3.05) is 0 Å². The summed E-state index contributed by atoms with van der Waals surface area (Å²) in [5.41, 5.74) is 1.86. The van der Waals surface area contributed by atoms with Crippen LogP contribution in [-0.2, 0) is 4.79 Å². The second-order valence-corrected chi connectivity index (χ2v) is 4.67. The number of aldehydes is 1. The lowest BCUT2D eigenvalue weighted by atomic mass is 9.78. The second-order valence-electron chi connectivity index (χ2n) is 4.67. The Morgan fingerprint density at radius 1 is 1.24 bits per heavy atom. The second kappa shape index (κ2) is 5.13. The lowest BCUT2D eigenvalue weighted by Crippen LogP contribution is -2.20. The van der Waals surface area contributed by atoms with Gasteiger partial charge in [0.2, 0.25) is 0 Å². The van der Waals surface area contributed by atoms with Crippen molar-refractivity contribution in [1.82, 2.24) is 0 Å². The number of aliphatic carboxylic acids is 1. The molecule has 3 heteroatoms. The van der Waals surface area contributed by atoms with Gasteiger partial charge in [0, 0.05) is 5.56 Å². The Balaban J connectivity index is 2.04. The normalized spacial score (nSPS) is 24.2. The van der Waals surface area contributed by atoms with Crippen molar-refractivity contribution in [2.24, 2.45) is 5.92 Å². The average Bonchev–Trinajstić information content (AvgIpc) is 2.39. The number of carboxylic acid groups (broad SMARTS) is 1. The molecular formula is C14H16O3. The van der Waals surface area contributed by atoms with E-state index in [9.17, 15) is 9.59 Å². The van der Waals surface area contributed by atoms with Gasteiger partial charge >= 0.3 is 5.97 Å². The molecule has 0 heterocycles. The van der Waals surface area contributed by atoms with Gasteiger partial charge < -0.3 is 5.11 Å². The monoisotopic (exact) mass is 232 g/mol. The summed E-state index contributed by atoms with van der Waals surface area (Å²) in [7, 11) is 0. The van der Waals surface area contributed by atoms with Gasteiger partial charge in [-0.15, -0.1) is 0 Å². The molecule has 0 bridgehead atoms. The van der Waals surface area contributed by atoms with Crippen LogP contribution in [0.3, 0.4) is 0 Å². The fraction of sp³-hybridized carbons (Fsp3) is 0.429. The van der Waals surface area contributed by atoms with Crippen LogP contribution >= 0.6 is 0 Å². The maximum absolute atomic E-state index is 10.9. The molecule has 1 aliphatic rings. The van der Waals surface area contributed by atoms with Crippen molar-refractivity contribution in [3.05, 3.63) is 35.4 Å². The van der Waals surface area contributed by atoms with Crippen molar-refractivity contribution < 1.29 is 14.7 Å². The van der Waals surface area contributed by atoms with Crippen molar-refractivity contribution >= 4 is 12.3 Å². The molecule has 0 radical (unpaired) electrons. The van der Waals surface area contributed by atoms with Gasteiger partial charge in [-0.3, -0.25) is 9.59 Å². The van der Waals surface area contributed by atoms with Gasteiger partial charge in [-0.1, -0.05) is 18.2 Å². The van der Waals surface area contributed by atoms with E-state index in [1.807, 2.05) is 18.2 Å². The van der Waals surface area contributed by atoms with Gasteiger partial charge in [-0.2, -0.15) is 0 Å². The highest BCUT2D eigenvalue weighted by molar-refractivity contribution is 5.75. The molecule has 3 nitrogen and oxygen atoms in total. The molecule has 1 saturated carbocycles. The number of carbonyl (C=O) groups excluding carboxylic acids is 1. The zero-order valence-electron chi connectivity index (χ0n) is 9.63. The fourth-order valence-electron chi connectivity index (χ4n) is 2.56. The molecule has 1 aliphatic carbocycles. The van der Waals surface area contributed by atoms with E-state index in [2.05, 4.69) is 0 Å². The van der Waals surface area contributed by atoms with Gasteiger partial charge in [0.15, 0.2) is 0 Å². The number of carboxylic acids is 1. The van der Waals surface area contributed by atoms with Crippen LogP contribution in [0, 0.1) is 5.92 Å². The minimum Gasteiger partial charge on any atom is -0.481 e. The fourth-order valence-corrected chi connectivity index (χ4v) is 2.56. The van der Waals surface area contributed by atoms with Gasteiger partial charge in [-0.25, -0.2) is 0 Å². The molecule has 1 fully saturated rings. The predicted molar refractivity (Wildman–Crippen MR) is 64.2 cm³/mol. The molecule has 90 valence electrons. The SMILES string of the molecule is O=Cc1cccc(C2CCC(C(=O)O)CC2)c1. The first-order valence-corrected chi connectivity index (χ1v) is 5.98. The largest absolute Gasteiger partial charge is 0.481 e. The van der Waals surface area contributed by atoms with Crippen molar-refractivity contribution in [3.63, 3.8) is 0 Å². The Bertz CT molecular complexity index is 417. The molecule has 1 aromatic rings. The van der Waals surface area contributed by atoms with E-state index in [1.54, 1.807) is 6.07 Å². The Morgan fingerprint density at radius 3 is 2.53 bits per heavy atom. The number of carbonyl (C=O) groups is 2. The van der Waals surface area contributed by atoms with Crippen LogP contribution in [0.4, 0.5) is 0 Å². The maximum atomic E-state index is 10.9. The van der Waals surface area contributed by atoms with Gasteiger partial charge in [0.25, 0.3) is 0 Å². The third kappa shape index (κ3) is 2.73. The summed E-state index contributed by atoms with van der Waals surface area (Å²) in [4.78, 5) is 21.6. The molecule has 17 heavy (non-hydrogen) atoms. The first-order valence-electron chi connectivity index (χ1n) is 5.98. The summed E-state index contributed by atoms with van der Waals surface area (Å²) in [5.74, 6) is -0.448. The molecule has 0 amide bonds. The summed E-state index contributed by atoms with van der Waals surface area (Å²) in [6.07, 6.45) is 4.14. The van der Waals surface area contributed by atoms with E-state index in [-0.39, 0.29) is 5.92 Å². The van der Waals surface area contributed by atoms with E-state index in [0.29, 0.717) is 11.5 Å². The van der Waals surface area contributed by atoms with Crippen LogP contribution in [0.1, 0.15) is 47.5 Å². The molecule has 1 N–H and O–H groups in total. The average molecular weight is 232 g/mol. The standard InChI is InChI=1S/C14H16O3/c15-9-10-2-1-3-13(8-10)11-4-6-12(7-5-11)14(16)17/h1-3,8-9,11-12H,4-7H2,(H,16,17). The molecule has 2 rings (SSSR count). The zero-order valence-corrected chi connectivity index (χ0v) is 9.63. The molecule has 0 atom stereocenters. The Kier molecular flexibility index (Phi) is 3.57. The summed E-state index contributed by atoms with van der Waals surface area (Å²) in [6, 6.07) is 7.62. The van der Waals surface area contributed by atoms with Crippen LogP contribution in [-0.4, -0.2) is 17.4 Å². The molecule has 1 aromatic carbocycles. The van der Waals surface area contributed by atoms with Crippen molar-refractivity contribution in [2.45, 2.75) is 31.6 Å². The highest BCUT2D eigenvalue weighted by Crippen LogP contribution is 2.35. The van der Waals surface area contributed by atoms with E-state index in [4.69, 9.17) is 5.11 Å². The topological polar surface area (TPSA) is 54.4 Å². The quantitative estimate of drug-likeness (QED) is 0.815. The summed E-state index contributed by atoms with van der Waals surface area (Å²) >= 11 is 0. The highest BCUT2D eigenvalue weighted by Gasteiger charge is 2.26. The van der Waals surface area contributed by atoms with Crippen LogP contribution in [0.15, 0.2) is 24.3 Å². The highest BCUT2D eigenvalue weighted by atomic mass is 16.4. The summed E-state index contributed by atoms with van der Waals surface area (Å²) in [6.45, 7) is 0. The van der Waals surface area contributed by atoms with Crippen LogP contribution in [0.5, 0.6) is 0 Å². The smallest absolute Gasteiger partial charge is 0.306 e. The Morgan fingerprint density at radius 2 is 1.94 bits per heavy atom. The van der Waals surface area contributed by atoms with Crippen molar-refractivity contribution in [3.8, 4) is 0 Å². The molecule has 0 aliphatic heterocycles. The molecule has 0 unspecified atom stereocenters. The van der Waals surface area contributed by atoms with Crippen LogP contribution in [0.25, 0.3) is 0 Å². The third-order valence-electron chi connectivity index (χ3n) is 3.59. The Hall–Kier alpha value is -1.64. The lowest BCUT2D eigenvalue weighted by molar-refractivity contribution is -0.142. The first kappa shape index (κ1) is 11.8. The molecule has 0 saturated heterocycles. The van der Waals surface area contributed by atoms with E-state index in [0.717, 1.165) is 32.0 Å². The van der Waals surface area contributed by atoms with Gasteiger partial charge in [0.05, 0.1) is 5.92 Å². The summed E-state index contributed by atoms with van der Waals surface area (Å²) in [5, 5.41) is 8.93. The minimum absolute atomic E-state index is 0.180. The Labute approximate surface area is 100 Å².